The van der Waals surface area contributed by atoms with Crippen molar-refractivity contribution in [3.05, 3.63) is 42.4 Å². The van der Waals surface area contributed by atoms with Crippen LogP contribution in [-0.2, 0) is 11.3 Å². The molecular formula is C20H19F3N6O2. The molecule has 11 heteroatoms. The van der Waals surface area contributed by atoms with Gasteiger partial charge in [-0.05, 0) is 31.0 Å². The van der Waals surface area contributed by atoms with Crippen LogP contribution in [0.5, 0.6) is 0 Å². The molecule has 1 amide bonds. The summed E-state index contributed by atoms with van der Waals surface area (Å²) in [6.07, 6.45) is 0.291. The summed E-state index contributed by atoms with van der Waals surface area (Å²) < 4.78 is 46.0. The fraction of sp³-hybridized carbons (Fsp3) is 0.400. The topological polar surface area (TPSA) is 85.2 Å². The lowest BCUT2D eigenvalue weighted by Crippen LogP contribution is -2.46. The molecule has 0 spiro atoms. The highest BCUT2D eigenvalue weighted by Gasteiger charge is 2.36. The number of rotatable bonds is 4. The smallest absolute Gasteiger partial charge is 0.371 e. The average molecular weight is 432 g/mol. The molecule has 3 aromatic heterocycles. The van der Waals surface area contributed by atoms with Gasteiger partial charge in [-0.2, -0.15) is 18.3 Å². The Morgan fingerprint density at radius 1 is 1.19 bits per heavy atom. The summed E-state index contributed by atoms with van der Waals surface area (Å²) in [6.45, 7) is -0.362. The third kappa shape index (κ3) is 4.05. The van der Waals surface area contributed by atoms with Gasteiger partial charge in [-0.15, -0.1) is 0 Å². The molecule has 5 heterocycles. The number of likely N-dealkylation sites (tertiary alicyclic amines) is 1. The van der Waals surface area contributed by atoms with Crippen molar-refractivity contribution >= 4 is 28.4 Å². The summed E-state index contributed by atoms with van der Waals surface area (Å²) in [4.78, 5) is 23.0. The van der Waals surface area contributed by atoms with E-state index >= 15 is 0 Å². The van der Waals surface area contributed by atoms with Gasteiger partial charge in [0.05, 0.1) is 23.1 Å². The number of fused-ring (bicyclic) bond motifs is 3. The van der Waals surface area contributed by atoms with Crippen LogP contribution in [0.2, 0.25) is 0 Å². The van der Waals surface area contributed by atoms with Gasteiger partial charge in [-0.25, -0.2) is 4.98 Å². The van der Waals surface area contributed by atoms with E-state index < -0.39 is 12.7 Å². The maximum Gasteiger partial charge on any atom is 0.408 e. The molecule has 0 saturated carbocycles. The third-order valence-corrected chi connectivity index (χ3v) is 5.43. The molecule has 2 aliphatic heterocycles. The normalized spacial score (nSPS) is 20.9. The van der Waals surface area contributed by atoms with Crippen LogP contribution in [-0.4, -0.2) is 62.0 Å². The number of carbonyl (C=O) groups excluding carboxylic acids is 1. The number of pyridine rings is 2. The summed E-state index contributed by atoms with van der Waals surface area (Å²) in [5, 5.41) is 7.37. The van der Waals surface area contributed by atoms with Gasteiger partial charge in [0.15, 0.2) is 5.82 Å². The Morgan fingerprint density at radius 3 is 2.65 bits per heavy atom. The van der Waals surface area contributed by atoms with Crippen LogP contribution in [0, 0.1) is 0 Å². The molecule has 2 aliphatic rings. The van der Waals surface area contributed by atoms with Crippen molar-refractivity contribution in [3.8, 4) is 0 Å². The molecule has 162 valence electrons. The van der Waals surface area contributed by atoms with Gasteiger partial charge < -0.3 is 15.0 Å². The summed E-state index contributed by atoms with van der Waals surface area (Å²) in [5.41, 5.74) is 0.256. The number of hydrogen-bond acceptors (Lipinski definition) is 6. The van der Waals surface area contributed by atoms with Crippen molar-refractivity contribution in [2.75, 3.05) is 18.4 Å². The highest BCUT2D eigenvalue weighted by molar-refractivity contribution is 5.98. The zero-order valence-electron chi connectivity index (χ0n) is 16.3. The monoisotopic (exact) mass is 432 g/mol. The highest BCUT2D eigenvalue weighted by Crippen LogP contribution is 2.30. The summed E-state index contributed by atoms with van der Waals surface area (Å²) in [5.74, 6) is 0.306. The molecule has 1 N–H and O–H groups in total. The Morgan fingerprint density at radius 2 is 1.97 bits per heavy atom. The standard InChI is InChI=1S/C20H19F3N6O2/c21-20(22,23)11-29-16-7-15(19(30)28-9-12-4-5-13(10-28)31-12)25-8-14(16)18(27-29)26-17-3-1-2-6-24-17/h1-3,6-8,12-13H,4-5,9-11H2,(H,24,26,27). The minimum Gasteiger partial charge on any atom is -0.371 e. The van der Waals surface area contributed by atoms with E-state index in [-0.39, 0.29) is 35.1 Å². The van der Waals surface area contributed by atoms with E-state index in [1.165, 1.54) is 12.3 Å². The van der Waals surface area contributed by atoms with Crippen LogP contribution < -0.4 is 5.32 Å². The zero-order chi connectivity index (χ0) is 21.6. The number of ether oxygens (including phenoxy) is 1. The largest absolute Gasteiger partial charge is 0.408 e. The Hall–Kier alpha value is -3.21. The molecule has 2 atom stereocenters. The summed E-state index contributed by atoms with van der Waals surface area (Å²) >= 11 is 0. The first-order valence-electron chi connectivity index (χ1n) is 9.92. The van der Waals surface area contributed by atoms with Crippen molar-refractivity contribution in [1.29, 1.82) is 0 Å². The number of halogens is 3. The SMILES string of the molecule is O=C(c1cc2c(cn1)c(Nc1ccccn1)nn2CC(F)(F)F)N1CC2CCC(C1)O2. The van der Waals surface area contributed by atoms with Gasteiger partial charge in [0.25, 0.3) is 5.91 Å². The molecule has 2 bridgehead atoms. The van der Waals surface area contributed by atoms with E-state index in [9.17, 15) is 18.0 Å². The molecule has 0 aliphatic carbocycles. The van der Waals surface area contributed by atoms with Crippen molar-refractivity contribution in [1.82, 2.24) is 24.6 Å². The molecule has 31 heavy (non-hydrogen) atoms. The molecule has 2 saturated heterocycles. The lowest BCUT2D eigenvalue weighted by Gasteiger charge is -2.31. The fourth-order valence-electron chi connectivity index (χ4n) is 4.07. The fourth-order valence-corrected chi connectivity index (χ4v) is 4.07. The van der Waals surface area contributed by atoms with E-state index in [0.717, 1.165) is 17.5 Å². The molecule has 2 fully saturated rings. The van der Waals surface area contributed by atoms with E-state index in [1.807, 2.05) is 0 Å². The highest BCUT2D eigenvalue weighted by atomic mass is 19.4. The number of morpholine rings is 1. The molecule has 2 unspecified atom stereocenters. The van der Waals surface area contributed by atoms with E-state index in [1.54, 1.807) is 29.3 Å². The first kappa shape index (κ1) is 19.7. The van der Waals surface area contributed by atoms with Crippen molar-refractivity contribution in [2.45, 2.75) is 37.8 Å². The van der Waals surface area contributed by atoms with Crippen molar-refractivity contribution < 1.29 is 22.7 Å². The van der Waals surface area contributed by atoms with Gasteiger partial charge in [-0.1, -0.05) is 6.07 Å². The Labute approximate surface area is 175 Å². The molecular weight excluding hydrogens is 413 g/mol. The van der Waals surface area contributed by atoms with Gasteiger partial charge in [0.1, 0.15) is 18.1 Å². The van der Waals surface area contributed by atoms with E-state index in [4.69, 9.17) is 4.74 Å². The number of carbonyl (C=O) groups is 1. The van der Waals surface area contributed by atoms with Crippen molar-refractivity contribution in [3.63, 3.8) is 0 Å². The average Bonchev–Trinajstić information content (AvgIpc) is 3.25. The first-order chi connectivity index (χ1) is 14.9. The lowest BCUT2D eigenvalue weighted by molar-refractivity contribution is -0.141. The van der Waals surface area contributed by atoms with Crippen LogP contribution in [0.15, 0.2) is 36.7 Å². The first-order valence-corrected chi connectivity index (χ1v) is 9.92. The second-order valence-electron chi connectivity index (χ2n) is 7.72. The molecule has 3 aromatic rings. The predicted octanol–water partition coefficient (Wildman–Crippen LogP) is 3.14. The van der Waals surface area contributed by atoms with Crippen LogP contribution in [0.4, 0.5) is 24.8 Å². The number of nitrogens with zero attached hydrogens (tertiary/aromatic N) is 5. The van der Waals surface area contributed by atoms with Crippen LogP contribution in [0.3, 0.4) is 0 Å². The predicted molar refractivity (Wildman–Crippen MR) is 105 cm³/mol. The molecule has 5 rings (SSSR count). The number of anilines is 2. The van der Waals surface area contributed by atoms with Gasteiger partial charge in [0, 0.05) is 25.5 Å². The van der Waals surface area contributed by atoms with Gasteiger partial charge >= 0.3 is 6.18 Å². The number of aromatic nitrogens is 4. The quantitative estimate of drug-likeness (QED) is 0.682. The second kappa shape index (κ2) is 7.49. The molecule has 0 radical (unpaired) electrons. The minimum atomic E-state index is -4.47. The van der Waals surface area contributed by atoms with Crippen LogP contribution >= 0.6 is 0 Å². The number of alkyl halides is 3. The number of hydrogen-bond donors (Lipinski definition) is 1. The van der Waals surface area contributed by atoms with E-state index in [0.29, 0.717) is 24.3 Å². The Kier molecular flexibility index (Phi) is 4.77. The van der Waals surface area contributed by atoms with Crippen LogP contribution in [0.25, 0.3) is 10.9 Å². The second-order valence-corrected chi connectivity index (χ2v) is 7.72. The Bertz CT molecular complexity index is 1110. The van der Waals surface area contributed by atoms with Crippen molar-refractivity contribution in [2.24, 2.45) is 0 Å². The molecule has 0 aromatic carbocycles. The van der Waals surface area contributed by atoms with Gasteiger partial charge in [-0.3, -0.25) is 14.5 Å². The zero-order valence-corrected chi connectivity index (χ0v) is 16.3. The maximum absolute atomic E-state index is 13.2. The maximum atomic E-state index is 13.2. The summed E-state index contributed by atoms with van der Waals surface area (Å²) in [7, 11) is 0. The lowest BCUT2D eigenvalue weighted by atomic mass is 10.2. The number of nitrogens with one attached hydrogen (secondary N) is 1. The molecule has 8 nitrogen and oxygen atoms in total. The summed E-state index contributed by atoms with van der Waals surface area (Å²) in [6, 6.07) is 6.52. The van der Waals surface area contributed by atoms with Gasteiger partial charge in [0.2, 0.25) is 0 Å². The Balaban J connectivity index is 1.50. The van der Waals surface area contributed by atoms with Crippen LogP contribution in [0.1, 0.15) is 23.3 Å². The van der Waals surface area contributed by atoms with E-state index in [2.05, 4.69) is 20.4 Å². The minimum absolute atomic E-state index is 0.0105. The third-order valence-electron chi connectivity index (χ3n) is 5.43. The number of amides is 1.